The summed E-state index contributed by atoms with van der Waals surface area (Å²) < 4.78 is 31.7. The molecular formula is C53H58Cl4N14O2S. The van der Waals surface area contributed by atoms with Crippen LogP contribution in [0.5, 0.6) is 0 Å². The zero-order chi connectivity index (χ0) is 52.2. The standard InChI is InChI=1S/C53H58Cl4N14O2S/c1-29-16-33(7-13-47(29)68-15-5-6-37(68)22-58)46-27-62-51-44(24-60)67-71(53(51)65-46)49(40-12-10-36(55)21-42(40)57)19-32-18-38(25-63-74(4,72)73)69(28-32)48-14-8-34(17-30(48)2)45-26-61-50-43(23-59)66-70(52(50)64-45)31(3)39-11-9-35(54)20-41(39)56/h7-12,20-21,26-27,29-32,37-38,47-49,63H,5-6,13-19,22,25,28,58H2,1-4H3. The molecule has 10 rings (SSSR count). The second-order valence-corrected chi connectivity index (χ2v) is 24.2. The minimum absolute atomic E-state index is 0.0393. The predicted molar refractivity (Wildman–Crippen MR) is 290 cm³/mol. The molecular weight excluding hydrogens is 1040 g/mol. The van der Waals surface area contributed by atoms with Crippen LogP contribution in [0.15, 0.2) is 60.9 Å². The van der Waals surface area contributed by atoms with Gasteiger partial charge >= 0.3 is 0 Å². The number of nitrogens with two attached hydrogens (primary N) is 1. The minimum atomic E-state index is -3.51. The average molecular weight is 1100 g/mol. The monoisotopic (exact) mass is 1090 g/mol. The fourth-order valence-corrected chi connectivity index (χ4v) is 13.9. The first-order chi connectivity index (χ1) is 35.5. The van der Waals surface area contributed by atoms with Crippen molar-refractivity contribution in [3.8, 4) is 12.1 Å². The first-order valence-electron chi connectivity index (χ1n) is 25.3. The highest BCUT2D eigenvalue weighted by Gasteiger charge is 2.42. The largest absolute Gasteiger partial charge is 0.329 e. The average Bonchev–Trinajstić information content (AvgIpc) is 4.18. The third-order valence-electron chi connectivity index (χ3n) is 15.9. The molecule has 6 heterocycles. The number of allylic oxidation sites excluding steroid dienone is 2. The summed E-state index contributed by atoms with van der Waals surface area (Å²) >= 11 is 26.5. The predicted octanol–water partition coefficient (Wildman–Crippen LogP) is 9.64. The van der Waals surface area contributed by atoms with Crippen LogP contribution in [0.3, 0.4) is 0 Å². The second-order valence-electron chi connectivity index (χ2n) is 20.7. The molecule has 74 heavy (non-hydrogen) atoms. The highest BCUT2D eigenvalue weighted by molar-refractivity contribution is 7.88. The molecule has 2 aromatic carbocycles. The van der Waals surface area contributed by atoms with Crippen molar-refractivity contribution in [2.75, 3.05) is 32.4 Å². The summed E-state index contributed by atoms with van der Waals surface area (Å²) in [7, 11) is -3.51. The molecule has 0 radical (unpaired) electrons. The topological polar surface area (TPSA) is 213 Å². The van der Waals surface area contributed by atoms with Crippen LogP contribution in [0.2, 0.25) is 20.1 Å². The lowest BCUT2D eigenvalue weighted by Crippen LogP contribution is -2.48. The van der Waals surface area contributed by atoms with E-state index in [1.54, 1.807) is 35.3 Å². The van der Waals surface area contributed by atoms with E-state index in [9.17, 15) is 18.9 Å². The van der Waals surface area contributed by atoms with E-state index < -0.39 is 16.1 Å². The fourth-order valence-electron chi connectivity index (χ4n) is 12.3. The van der Waals surface area contributed by atoms with E-state index in [4.69, 9.17) is 77.2 Å². The van der Waals surface area contributed by atoms with Gasteiger partial charge in [-0.2, -0.15) is 20.7 Å². The van der Waals surface area contributed by atoms with Crippen molar-refractivity contribution in [2.24, 2.45) is 23.5 Å². The molecule has 0 spiro atoms. The van der Waals surface area contributed by atoms with Crippen LogP contribution in [-0.2, 0) is 10.0 Å². The highest BCUT2D eigenvalue weighted by Crippen LogP contribution is 2.43. The van der Waals surface area contributed by atoms with Gasteiger partial charge in [-0.05, 0) is 129 Å². The third kappa shape index (κ3) is 10.4. The molecule has 2 aliphatic carbocycles. The van der Waals surface area contributed by atoms with Crippen LogP contribution in [0.25, 0.3) is 33.5 Å². The number of nitrogens with one attached hydrogen (secondary N) is 1. The summed E-state index contributed by atoms with van der Waals surface area (Å²) in [6.45, 7) is 9.11. The number of rotatable bonds is 14. The van der Waals surface area contributed by atoms with Crippen LogP contribution >= 0.6 is 46.4 Å². The molecule has 4 aromatic heterocycles. The van der Waals surface area contributed by atoms with Crippen molar-refractivity contribution in [3.63, 3.8) is 0 Å². The molecule has 3 N–H and O–H groups in total. The second kappa shape index (κ2) is 21.5. The Kier molecular flexibility index (Phi) is 15.2. The van der Waals surface area contributed by atoms with Gasteiger partial charge in [-0.3, -0.25) is 9.80 Å². The quantitative estimate of drug-likeness (QED) is 0.104. The first kappa shape index (κ1) is 52.4. The Hall–Kier alpha value is -5.05. The molecule has 9 atom stereocenters. The van der Waals surface area contributed by atoms with Crippen LogP contribution in [0.1, 0.15) is 118 Å². The summed E-state index contributed by atoms with van der Waals surface area (Å²) in [5.74, 6) is 0.552. The molecule has 2 fully saturated rings. The summed E-state index contributed by atoms with van der Waals surface area (Å²) in [6, 6.07) is 15.1. The Morgan fingerprint density at radius 1 is 0.797 bits per heavy atom. The van der Waals surface area contributed by atoms with Gasteiger partial charge in [-0.15, -0.1) is 0 Å². The van der Waals surface area contributed by atoms with Crippen LogP contribution in [0.4, 0.5) is 0 Å². The van der Waals surface area contributed by atoms with E-state index in [0.29, 0.717) is 105 Å². The van der Waals surface area contributed by atoms with E-state index in [1.165, 1.54) is 12.7 Å². The van der Waals surface area contributed by atoms with Gasteiger partial charge in [0.2, 0.25) is 10.0 Å². The molecule has 16 nitrogen and oxygen atoms in total. The Morgan fingerprint density at radius 3 is 1.89 bits per heavy atom. The molecule has 0 bridgehead atoms. The van der Waals surface area contributed by atoms with Gasteiger partial charge in [0.05, 0.1) is 42.1 Å². The van der Waals surface area contributed by atoms with Gasteiger partial charge in [0.25, 0.3) is 0 Å². The van der Waals surface area contributed by atoms with Crippen molar-refractivity contribution in [2.45, 2.75) is 108 Å². The molecule has 386 valence electrons. The molecule has 0 saturated carbocycles. The van der Waals surface area contributed by atoms with Crippen LogP contribution in [-0.4, -0.2) is 114 Å². The molecule has 0 amide bonds. The summed E-state index contributed by atoms with van der Waals surface area (Å²) in [5, 5.41) is 32.0. The number of sulfonamides is 1. The molecule has 6 aromatic rings. The van der Waals surface area contributed by atoms with Gasteiger partial charge in [-0.1, -0.05) is 84.5 Å². The molecule has 9 unspecified atom stereocenters. The zero-order valence-corrected chi connectivity index (χ0v) is 45.5. The molecule has 2 saturated heterocycles. The number of hydrogen-bond acceptors (Lipinski definition) is 13. The van der Waals surface area contributed by atoms with Crippen LogP contribution < -0.4 is 10.5 Å². The van der Waals surface area contributed by atoms with Gasteiger partial charge in [0.1, 0.15) is 23.2 Å². The van der Waals surface area contributed by atoms with Gasteiger partial charge < -0.3 is 5.73 Å². The summed E-state index contributed by atoms with van der Waals surface area (Å²) in [4.78, 5) is 25.0. The number of nitrogens with zero attached hydrogens (tertiary/aromatic N) is 12. The van der Waals surface area contributed by atoms with E-state index in [2.05, 4.69) is 57.8 Å². The Morgan fingerprint density at radius 2 is 1.35 bits per heavy atom. The summed E-state index contributed by atoms with van der Waals surface area (Å²) in [5.41, 5.74) is 13.5. The van der Waals surface area contributed by atoms with E-state index in [0.717, 1.165) is 53.8 Å². The van der Waals surface area contributed by atoms with Gasteiger partial charge in [-0.25, -0.2) is 42.4 Å². The van der Waals surface area contributed by atoms with E-state index in [1.807, 2.05) is 29.8 Å². The first-order valence-corrected chi connectivity index (χ1v) is 28.7. The van der Waals surface area contributed by atoms with Crippen molar-refractivity contribution < 1.29 is 8.42 Å². The number of halogens is 4. The van der Waals surface area contributed by atoms with Crippen LogP contribution in [0, 0.1) is 40.4 Å². The maximum absolute atomic E-state index is 12.7. The fraction of sp³-hybridized carbons (Fsp3) is 0.472. The maximum atomic E-state index is 12.7. The zero-order valence-electron chi connectivity index (χ0n) is 41.6. The number of fused-ring (bicyclic) bond motifs is 2. The lowest BCUT2D eigenvalue weighted by atomic mass is 9.83. The maximum Gasteiger partial charge on any atom is 0.208 e. The number of benzene rings is 2. The number of hydrogen-bond donors (Lipinski definition) is 2. The van der Waals surface area contributed by atoms with Crippen molar-refractivity contribution >= 4 is 89.9 Å². The van der Waals surface area contributed by atoms with E-state index in [-0.39, 0.29) is 47.9 Å². The Balaban J connectivity index is 0.952. The van der Waals surface area contributed by atoms with Crippen molar-refractivity contribution in [3.05, 3.63) is 115 Å². The lowest BCUT2D eigenvalue weighted by molar-refractivity contribution is 0.130. The lowest BCUT2D eigenvalue weighted by Gasteiger charge is -2.39. The number of likely N-dealkylation sites (tertiary alicyclic amines) is 2. The normalized spacial score (nSPS) is 24.7. The minimum Gasteiger partial charge on any atom is -0.329 e. The van der Waals surface area contributed by atoms with Gasteiger partial charge in [0, 0.05) is 63.9 Å². The third-order valence-corrected chi connectivity index (χ3v) is 17.7. The number of nitriles is 2. The Bertz CT molecular complexity index is 3400. The smallest absolute Gasteiger partial charge is 0.208 e. The number of aromatic nitrogens is 8. The van der Waals surface area contributed by atoms with Crippen molar-refractivity contribution in [1.29, 1.82) is 10.5 Å². The highest BCUT2D eigenvalue weighted by atomic mass is 35.5. The van der Waals surface area contributed by atoms with E-state index >= 15 is 0 Å². The molecule has 4 aliphatic rings. The molecule has 21 heteroatoms. The SMILES string of the molecule is CC1CC(c2cnc3c(C#N)nn(C(CC4CC(CNS(C)(=O)=O)N(C5CC=C(c6cnc7c(C#N)nn(C(C)c8ccc(Cl)cc8Cl)c7n6)CC5C)C4)c4ccc(Cl)cc4Cl)c3n2)=CCC1N1CCCC1CN. The van der Waals surface area contributed by atoms with Crippen molar-refractivity contribution in [1.82, 2.24) is 54.0 Å². The summed E-state index contributed by atoms with van der Waals surface area (Å²) in [6.07, 6.45) is 15.8. The molecule has 2 aliphatic heterocycles. The van der Waals surface area contributed by atoms with Gasteiger partial charge in [0.15, 0.2) is 22.7 Å². The Labute approximate surface area is 451 Å².